The number of benzene rings is 1. The first-order valence-corrected chi connectivity index (χ1v) is 7.94. The predicted molar refractivity (Wildman–Crippen MR) is 77.9 cm³/mol. The van der Waals surface area contributed by atoms with Crippen molar-refractivity contribution in [1.29, 1.82) is 0 Å². The van der Waals surface area contributed by atoms with Gasteiger partial charge in [-0.1, -0.05) is 6.92 Å². The Morgan fingerprint density at radius 3 is 2.43 bits per heavy atom. The van der Waals surface area contributed by atoms with E-state index < -0.39 is 10.0 Å². The van der Waals surface area contributed by atoms with E-state index in [1.165, 1.54) is 18.3 Å². The number of hydrogen-bond acceptors (Lipinski definition) is 5. The van der Waals surface area contributed by atoms with Gasteiger partial charge in [0.2, 0.25) is 15.9 Å². The number of nitrogens with two attached hydrogens (primary N) is 1. The molecule has 0 radical (unpaired) electrons. The normalized spacial score (nSPS) is 11.1. The van der Waals surface area contributed by atoms with Crippen LogP contribution in [0, 0.1) is 0 Å². The molecule has 0 amide bonds. The van der Waals surface area contributed by atoms with Crippen LogP contribution in [0.15, 0.2) is 47.5 Å². The molecule has 0 saturated heterocycles. The molecule has 112 valence electrons. The lowest BCUT2D eigenvalue weighted by Gasteiger charge is -2.09. The highest BCUT2D eigenvalue weighted by atomic mass is 32.2. The van der Waals surface area contributed by atoms with Crippen LogP contribution in [0.4, 0.5) is 0 Å². The Morgan fingerprint density at radius 2 is 1.81 bits per heavy atom. The van der Waals surface area contributed by atoms with Crippen LogP contribution in [0.3, 0.4) is 0 Å². The van der Waals surface area contributed by atoms with E-state index in [9.17, 15) is 8.42 Å². The molecular formula is C14H16N2O4S. The summed E-state index contributed by atoms with van der Waals surface area (Å²) in [5, 5.41) is 5.12. The predicted octanol–water partition coefficient (Wildman–Crippen LogP) is 2.31. The van der Waals surface area contributed by atoms with E-state index in [1.807, 2.05) is 6.92 Å². The summed E-state index contributed by atoms with van der Waals surface area (Å²) in [4.78, 5) is 3.74. The molecule has 0 unspecified atom stereocenters. The molecular weight excluding hydrogens is 292 g/mol. The van der Waals surface area contributed by atoms with E-state index >= 15 is 0 Å². The fraction of sp³-hybridized carbons (Fsp3) is 0.214. The maximum Gasteiger partial charge on any atom is 0.243 e. The molecule has 0 aliphatic heterocycles. The third-order valence-corrected chi connectivity index (χ3v) is 3.48. The maximum atomic E-state index is 11.5. The Balaban J connectivity index is 2.19. The summed E-state index contributed by atoms with van der Waals surface area (Å²) < 4.78 is 33.8. The average Bonchev–Trinajstić information content (AvgIpc) is 2.46. The molecule has 1 heterocycles. The number of primary sulfonamides is 1. The molecule has 2 aromatic rings. The number of rotatable bonds is 6. The molecule has 0 aliphatic rings. The van der Waals surface area contributed by atoms with Gasteiger partial charge in [-0.05, 0) is 42.8 Å². The van der Waals surface area contributed by atoms with Gasteiger partial charge in [0.05, 0.1) is 6.61 Å². The fourth-order valence-corrected chi connectivity index (χ4v) is 2.21. The minimum atomic E-state index is -3.89. The quantitative estimate of drug-likeness (QED) is 0.884. The first-order chi connectivity index (χ1) is 10.0. The van der Waals surface area contributed by atoms with Crippen LogP contribution in [0.1, 0.15) is 13.3 Å². The second-order valence-corrected chi connectivity index (χ2v) is 5.80. The topological polar surface area (TPSA) is 91.5 Å². The monoisotopic (exact) mass is 308 g/mol. The first-order valence-electron chi connectivity index (χ1n) is 6.39. The second-order valence-electron chi connectivity index (χ2n) is 4.27. The zero-order valence-corrected chi connectivity index (χ0v) is 12.3. The van der Waals surface area contributed by atoms with Crippen molar-refractivity contribution in [1.82, 2.24) is 4.98 Å². The van der Waals surface area contributed by atoms with Crippen molar-refractivity contribution in [2.24, 2.45) is 5.14 Å². The average molecular weight is 308 g/mol. The third kappa shape index (κ3) is 4.17. The largest absolute Gasteiger partial charge is 0.494 e. The molecule has 0 bridgehead atoms. The van der Waals surface area contributed by atoms with Crippen molar-refractivity contribution in [3.63, 3.8) is 0 Å². The van der Waals surface area contributed by atoms with Crippen LogP contribution >= 0.6 is 0 Å². The molecule has 0 saturated carbocycles. The number of nitrogens with zero attached hydrogens (tertiary/aromatic N) is 1. The molecule has 7 heteroatoms. The lowest BCUT2D eigenvalue weighted by Crippen LogP contribution is -2.13. The summed E-state index contributed by atoms with van der Waals surface area (Å²) in [6, 6.07) is 9.65. The number of ether oxygens (including phenoxy) is 2. The molecule has 6 nitrogen and oxygen atoms in total. The van der Waals surface area contributed by atoms with Crippen molar-refractivity contribution >= 4 is 10.0 Å². The minimum absolute atomic E-state index is 0.0535. The van der Waals surface area contributed by atoms with Gasteiger partial charge in [0, 0.05) is 6.20 Å². The number of aromatic nitrogens is 1. The molecule has 2 rings (SSSR count). The van der Waals surface area contributed by atoms with Gasteiger partial charge in [-0.25, -0.2) is 18.5 Å². The van der Waals surface area contributed by atoms with Gasteiger partial charge >= 0.3 is 0 Å². The van der Waals surface area contributed by atoms with E-state index in [2.05, 4.69) is 4.98 Å². The molecule has 2 N–H and O–H groups in total. The van der Waals surface area contributed by atoms with Gasteiger partial charge in [-0.2, -0.15) is 0 Å². The van der Waals surface area contributed by atoms with Crippen LogP contribution in [-0.2, 0) is 10.0 Å². The Bertz CT molecular complexity index is 699. The molecule has 1 aromatic carbocycles. The third-order valence-electron chi connectivity index (χ3n) is 2.55. The lowest BCUT2D eigenvalue weighted by atomic mass is 10.3. The Kier molecular flexibility index (Phi) is 4.77. The highest BCUT2D eigenvalue weighted by molar-refractivity contribution is 7.89. The molecule has 0 fully saturated rings. The number of hydrogen-bond donors (Lipinski definition) is 1. The van der Waals surface area contributed by atoms with Gasteiger partial charge in [0.15, 0.2) is 0 Å². The summed E-state index contributed by atoms with van der Waals surface area (Å²) in [7, 11) is -3.89. The SMILES string of the molecule is CCCOc1ccc(Oc2ncccc2S(N)(=O)=O)cc1. The molecule has 0 atom stereocenters. The summed E-state index contributed by atoms with van der Waals surface area (Å²) >= 11 is 0. The summed E-state index contributed by atoms with van der Waals surface area (Å²) in [5.41, 5.74) is 0. The Morgan fingerprint density at radius 1 is 1.14 bits per heavy atom. The maximum absolute atomic E-state index is 11.5. The van der Waals surface area contributed by atoms with Crippen LogP contribution in [0.5, 0.6) is 17.4 Å². The van der Waals surface area contributed by atoms with E-state index in [-0.39, 0.29) is 10.8 Å². The second kappa shape index (κ2) is 6.55. The number of sulfonamides is 1. The van der Waals surface area contributed by atoms with Crippen LogP contribution in [0.2, 0.25) is 0 Å². The van der Waals surface area contributed by atoms with Crippen molar-refractivity contribution in [2.45, 2.75) is 18.2 Å². The van der Waals surface area contributed by atoms with Crippen LogP contribution in [-0.4, -0.2) is 20.0 Å². The van der Waals surface area contributed by atoms with Crippen molar-refractivity contribution in [3.05, 3.63) is 42.6 Å². The standard InChI is InChI=1S/C14H16N2O4S/c1-2-10-19-11-5-7-12(8-6-11)20-14-13(21(15,17)18)4-3-9-16-14/h3-9H,2,10H2,1H3,(H2,15,17,18). The Hall–Kier alpha value is -2.12. The summed E-state index contributed by atoms with van der Waals surface area (Å²) in [5.74, 6) is 1.11. The van der Waals surface area contributed by atoms with Crippen molar-refractivity contribution < 1.29 is 17.9 Å². The number of pyridine rings is 1. The zero-order chi connectivity index (χ0) is 15.3. The lowest BCUT2D eigenvalue weighted by molar-refractivity contribution is 0.317. The highest BCUT2D eigenvalue weighted by Crippen LogP contribution is 2.26. The summed E-state index contributed by atoms with van der Waals surface area (Å²) in [6.07, 6.45) is 2.35. The van der Waals surface area contributed by atoms with Crippen molar-refractivity contribution in [2.75, 3.05) is 6.61 Å². The zero-order valence-electron chi connectivity index (χ0n) is 11.5. The molecule has 21 heavy (non-hydrogen) atoms. The van der Waals surface area contributed by atoms with Gasteiger partial charge in [0.25, 0.3) is 0 Å². The van der Waals surface area contributed by atoms with E-state index in [0.29, 0.717) is 12.4 Å². The molecule has 1 aromatic heterocycles. The van der Waals surface area contributed by atoms with Gasteiger partial charge in [0.1, 0.15) is 16.4 Å². The fourth-order valence-electron chi connectivity index (χ4n) is 1.60. The minimum Gasteiger partial charge on any atom is -0.494 e. The van der Waals surface area contributed by atoms with E-state index in [4.69, 9.17) is 14.6 Å². The highest BCUT2D eigenvalue weighted by Gasteiger charge is 2.16. The van der Waals surface area contributed by atoms with Gasteiger partial charge < -0.3 is 9.47 Å². The van der Waals surface area contributed by atoms with E-state index in [0.717, 1.165) is 12.2 Å². The van der Waals surface area contributed by atoms with Crippen molar-refractivity contribution in [3.8, 4) is 17.4 Å². The van der Waals surface area contributed by atoms with E-state index in [1.54, 1.807) is 24.3 Å². The van der Waals surface area contributed by atoms with Gasteiger partial charge in [-0.15, -0.1) is 0 Å². The smallest absolute Gasteiger partial charge is 0.243 e. The first kappa shape index (κ1) is 15.3. The van der Waals surface area contributed by atoms with Crippen LogP contribution < -0.4 is 14.6 Å². The van der Waals surface area contributed by atoms with Gasteiger partial charge in [-0.3, -0.25) is 0 Å². The molecule has 0 aliphatic carbocycles. The summed E-state index contributed by atoms with van der Waals surface area (Å²) in [6.45, 7) is 2.66. The Labute approximate surface area is 123 Å². The van der Waals surface area contributed by atoms with Crippen LogP contribution in [0.25, 0.3) is 0 Å². The molecule has 0 spiro atoms.